The SMILES string of the molecule is CCCCOc1ccc(-c2ccc(C3CCC(C(=O)Oc4ccc(OCCCC)cc4F)CC3)c(F)c2F)cc1. The van der Waals surface area contributed by atoms with Gasteiger partial charge in [0.05, 0.1) is 19.1 Å². The Balaban J connectivity index is 1.34. The molecule has 4 rings (SSSR count). The van der Waals surface area contributed by atoms with Gasteiger partial charge in [0.1, 0.15) is 11.5 Å². The zero-order valence-corrected chi connectivity index (χ0v) is 23.2. The molecule has 0 heterocycles. The largest absolute Gasteiger partial charge is 0.494 e. The molecule has 7 heteroatoms. The Morgan fingerprint density at radius 2 is 1.40 bits per heavy atom. The van der Waals surface area contributed by atoms with E-state index in [2.05, 4.69) is 6.92 Å². The predicted molar refractivity (Wildman–Crippen MR) is 149 cm³/mol. The average Bonchev–Trinajstić information content (AvgIpc) is 2.97. The van der Waals surface area contributed by atoms with Crippen LogP contribution in [0.2, 0.25) is 0 Å². The van der Waals surface area contributed by atoms with Crippen molar-refractivity contribution in [3.63, 3.8) is 0 Å². The first-order valence-corrected chi connectivity index (χ1v) is 14.3. The summed E-state index contributed by atoms with van der Waals surface area (Å²) in [7, 11) is 0. The second-order valence-electron chi connectivity index (χ2n) is 10.3. The van der Waals surface area contributed by atoms with Crippen molar-refractivity contribution in [3.8, 4) is 28.4 Å². The Hall–Kier alpha value is -3.48. The van der Waals surface area contributed by atoms with Crippen molar-refractivity contribution < 1.29 is 32.2 Å². The third-order valence-electron chi connectivity index (χ3n) is 7.42. The molecule has 0 radical (unpaired) electrons. The Morgan fingerprint density at radius 3 is 2.02 bits per heavy atom. The van der Waals surface area contributed by atoms with Crippen LogP contribution in [0.4, 0.5) is 13.2 Å². The van der Waals surface area contributed by atoms with E-state index in [1.807, 2.05) is 6.92 Å². The molecule has 0 spiro atoms. The number of carbonyl (C=O) groups excluding carboxylic acids is 1. The van der Waals surface area contributed by atoms with E-state index in [0.717, 1.165) is 25.7 Å². The fourth-order valence-electron chi connectivity index (χ4n) is 4.99. The van der Waals surface area contributed by atoms with Crippen LogP contribution in [-0.4, -0.2) is 19.2 Å². The van der Waals surface area contributed by atoms with Crippen molar-refractivity contribution in [3.05, 3.63) is 77.6 Å². The molecule has 1 saturated carbocycles. The summed E-state index contributed by atoms with van der Waals surface area (Å²) in [5.41, 5.74) is 1.09. The molecule has 0 aromatic heterocycles. The monoisotopic (exact) mass is 554 g/mol. The number of unbranched alkanes of at least 4 members (excludes halogenated alkanes) is 2. The minimum absolute atomic E-state index is 0.140. The molecular weight excluding hydrogens is 517 g/mol. The zero-order valence-electron chi connectivity index (χ0n) is 23.2. The number of esters is 1. The molecule has 1 aliphatic rings. The topological polar surface area (TPSA) is 44.8 Å². The van der Waals surface area contributed by atoms with Crippen LogP contribution in [0.1, 0.15) is 76.7 Å². The van der Waals surface area contributed by atoms with Crippen molar-refractivity contribution in [1.29, 1.82) is 0 Å². The molecule has 0 N–H and O–H groups in total. The van der Waals surface area contributed by atoms with Gasteiger partial charge in [-0.05, 0) is 79.8 Å². The highest BCUT2D eigenvalue weighted by Gasteiger charge is 2.31. The first-order chi connectivity index (χ1) is 19.4. The number of hydrogen-bond acceptors (Lipinski definition) is 4. The highest BCUT2D eigenvalue weighted by Crippen LogP contribution is 2.39. The van der Waals surface area contributed by atoms with Gasteiger partial charge in [0, 0.05) is 11.6 Å². The first-order valence-electron chi connectivity index (χ1n) is 14.3. The second-order valence-corrected chi connectivity index (χ2v) is 10.3. The van der Waals surface area contributed by atoms with E-state index in [0.29, 0.717) is 61.5 Å². The van der Waals surface area contributed by atoms with Gasteiger partial charge in [-0.15, -0.1) is 0 Å². The molecule has 214 valence electrons. The highest BCUT2D eigenvalue weighted by molar-refractivity contribution is 5.75. The molecule has 0 aliphatic heterocycles. The quantitative estimate of drug-likeness (QED) is 0.127. The minimum Gasteiger partial charge on any atom is -0.494 e. The summed E-state index contributed by atoms with van der Waals surface area (Å²) in [5.74, 6) is -2.60. The van der Waals surface area contributed by atoms with Crippen molar-refractivity contribution in [2.45, 2.75) is 71.1 Å². The summed E-state index contributed by atoms with van der Waals surface area (Å²) in [6.07, 6.45) is 5.73. The van der Waals surface area contributed by atoms with Crippen LogP contribution in [0, 0.1) is 23.4 Å². The van der Waals surface area contributed by atoms with Crippen LogP contribution in [0.3, 0.4) is 0 Å². The van der Waals surface area contributed by atoms with Gasteiger partial charge in [-0.2, -0.15) is 0 Å². The molecule has 0 amide bonds. The van der Waals surface area contributed by atoms with Crippen molar-refractivity contribution >= 4 is 5.97 Å². The second kappa shape index (κ2) is 14.2. The van der Waals surface area contributed by atoms with E-state index in [4.69, 9.17) is 14.2 Å². The predicted octanol–water partition coefficient (Wildman–Crippen LogP) is 9.01. The first kappa shape index (κ1) is 29.5. The molecule has 0 saturated heterocycles. The summed E-state index contributed by atoms with van der Waals surface area (Å²) >= 11 is 0. The summed E-state index contributed by atoms with van der Waals surface area (Å²) in [4.78, 5) is 12.7. The zero-order chi connectivity index (χ0) is 28.5. The lowest BCUT2D eigenvalue weighted by Crippen LogP contribution is -2.25. The van der Waals surface area contributed by atoms with Gasteiger partial charge in [0.2, 0.25) is 0 Å². The van der Waals surface area contributed by atoms with Crippen LogP contribution in [0.25, 0.3) is 11.1 Å². The summed E-state index contributed by atoms with van der Waals surface area (Å²) in [5, 5.41) is 0. The van der Waals surface area contributed by atoms with Crippen molar-refractivity contribution in [2.24, 2.45) is 5.92 Å². The molecule has 0 bridgehead atoms. The smallest absolute Gasteiger partial charge is 0.314 e. The molecule has 1 aliphatic carbocycles. The maximum Gasteiger partial charge on any atom is 0.314 e. The lowest BCUT2D eigenvalue weighted by atomic mass is 9.78. The van der Waals surface area contributed by atoms with E-state index in [9.17, 15) is 9.18 Å². The Labute approximate surface area is 234 Å². The number of hydrogen-bond donors (Lipinski definition) is 0. The van der Waals surface area contributed by atoms with Gasteiger partial charge < -0.3 is 14.2 Å². The number of halogens is 3. The molecule has 1 fully saturated rings. The van der Waals surface area contributed by atoms with Gasteiger partial charge in [-0.3, -0.25) is 4.79 Å². The van der Waals surface area contributed by atoms with Gasteiger partial charge in [-0.1, -0.05) is 51.0 Å². The maximum atomic E-state index is 15.2. The molecule has 0 atom stereocenters. The van der Waals surface area contributed by atoms with Gasteiger partial charge in [0.15, 0.2) is 23.2 Å². The summed E-state index contributed by atoms with van der Waals surface area (Å²) in [6.45, 7) is 5.23. The highest BCUT2D eigenvalue weighted by atomic mass is 19.2. The Kier molecular flexibility index (Phi) is 10.5. The van der Waals surface area contributed by atoms with Crippen LogP contribution in [-0.2, 0) is 4.79 Å². The van der Waals surface area contributed by atoms with E-state index in [1.54, 1.807) is 42.5 Å². The van der Waals surface area contributed by atoms with Crippen LogP contribution in [0.5, 0.6) is 17.2 Å². The Bertz CT molecular complexity index is 1270. The molecule has 3 aromatic carbocycles. The molecular formula is C33H37F3O4. The van der Waals surface area contributed by atoms with Crippen LogP contribution < -0.4 is 14.2 Å². The van der Waals surface area contributed by atoms with Gasteiger partial charge in [-0.25, -0.2) is 13.2 Å². The molecule has 4 nitrogen and oxygen atoms in total. The van der Waals surface area contributed by atoms with Gasteiger partial charge in [0.25, 0.3) is 0 Å². The molecule has 40 heavy (non-hydrogen) atoms. The lowest BCUT2D eigenvalue weighted by molar-refractivity contribution is -0.140. The summed E-state index contributed by atoms with van der Waals surface area (Å²) < 4.78 is 61.2. The lowest BCUT2D eigenvalue weighted by Gasteiger charge is -2.28. The van der Waals surface area contributed by atoms with E-state index < -0.39 is 29.3 Å². The molecule has 3 aromatic rings. The maximum absolute atomic E-state index is 15.2. The van der Waals surface area contributed by atoms with Crippen LogP contribution >= 0.6 is 0 Å². The van der Waals surface area contributed by atoms with E-state index >= 15 is 8.78 Å². The Morgan fingerprint density at radius 1 is 0.775 bits per heavy atom. The van der Waals surface area contributed by atoms with E-state index in [-0.39, 0.29) is 17.2 Å². The fourth-order valence-corrected chi connectivity index (χ4v) is 4.99. The normalized spacial score (nSPS) is 16.9. The standard InChI is InChI=1S/C33H37F3O4/c1-3-5-19-38-25-13-11-23(12-14-25)28-17-16-27(31(35)32(28)36)22-7-9-24(10-8-22)33(37)40-30-18-15-26(21-29(30)34)39-20-6-4-2/h11-18,21-22,24H,3-10,19-20H2,1-2H3. The number of ether oxygens (including phenoxy) is 3. The van der Waals surface area contributed by atoms with Crippen molar-refractivity contribution in [1.82, 2.24) is 0 Å². The third kappa shape index (κ3) is 7.38. The van der Waals surface area contributed by atoms with Crippen LogP contribution in [0.15, 0.2) is 54.6 Å². The number of carbonyl (C=O) groups is 1. The van der Waals surface area contributed by atoms with Crippen molar-refractivity contribution in [2.75, 3.05) is 13.2 Å². The fraction of sp³-hybridized carbons (Fsp3) is 0.424. The van der Waals surface area contributed by atoms with E-state index in [1.165, 1.54) is 12.1 Å². The summed E-state index contributed by atoms with van der Waals surface area (Å²) in [6, 6.07) is 14.4. The molecule has 0 unspecified atom stereocenters. The number of benzene rings is 3. The van der Waals surface area contributed by atoms with Gasteiger partial charge >= 0.3 is 5.97 Å². The number of rotatable bonds is 12. The minimum atomic E-state index is -0.878. The third-order valence-corrected chi connectivity index (χ3v) is 7.42. The average molecular weight is 555 g/mol.